The lowest BCUT2D eigenvalue weighted by atomic mass is 9.93. The molecule has 96 valence electrons. The summed E-state index contributed by atoms with van der Waals surface area (Å²) in [5, 5.41) is 4.05. The van der Waals surface area contributed by atoms with Gasteiger partial charge in [-0.3, -0.25) is 0 Å². The Labute approximate surface area is 110 Å². The van der Waals surface area contributed by atoms with Crippen LogP contribution in [0.2, 0.25) is 5.02 Å². The molecule has 1 rings (SSSR count). The van der Waals surface area contributed by atoms with Gasteiger partial charge in [-0.1, -0.05) is 37.6 Å². The molecule has 0 unspecified atom stereocenters. The fraction of sp³-hybridized carbons (Fsp3) is 0.571. The van der Waals surface area contributed by atoms with Crippen molar-refractivity contribution in [2.24, 2.45) is 5.41 Å². The Morgan fingerprint density at radius 1 is 1.35 bits per heavy atom. The molecule has 3 heteroatoms. The van der Waals surface area contributed by atoms with E-state index in [1.165, 1.54) is 5.56 Å². The molecule has 0 spiro atoms. The maximum atomic E-state index is 5.98. The van der Waals surface area contributed by atoms with Gasteiger partial charge in [-0.15, -0.1) is 0 Å². The molecule has 0 aromatic heterocycles. The van der Waals surface area contributed by atoms with Gasteiger partial charge in [0.1, 0.15) is 0 Å². The Hall–Kier alpha value is -0.570. The first-order chi connectivity index (χ1) is 7.93. The van der Waals surface area contributed by atoms with Crippen molar-refractivity contribution in [3.63, 3.8) is 0 Å². The fourth-order valence-corrected chi connectivity index (χ4v) is 2.48. The summed E-state index contributed by atoms with van der Waals surface area (Å²) in [5.74, 6) is 0. The van der Waals surface area contributed by atoms with Crippen molar-refractivity contribution in [2.45, 2.75) is 20.4 Å². The molecule has 0 amide bonds. The maximum Gasteiger partial charge on any atom is 0.0409 e. The quantitative estimate of drug-likeness (QED) is 0.840. The van der Waals surface area contributed by atoms with Crippen molar-refractivity contribution in [1.82, 2.24) is 10.2 Å². The lowest BCUT2D eigenvalue weighted by molar-refractivity contribution is 0.201. The van der Waals surface area contributed by atoms with Gasteiger partial charge in [0.05, 0.1) is 0 Å². The van der Waals surface area contributed by atoms with Crippen molar-refractivity contribution in [3.8, 4) is 0 Å². The number of hydrogen-bond donors (Lipinski definition) is 1. The van der Waals surface area contributed by atoms with Gasteiger partial charge in [0.15, 0.2) is 0 Å². The summed E-state index contributed by atoms with van der Waals surface area (Å²) < 4.78 is 0. The molecule has 0 radical (unpaired) electrons. The molecule has 2 nitrogen and oxygen atoms in total. The van der Waals surface area contributed by atoms with Crippen LogP contribution in [0.25, 0.3) is 0 Å². The summed E-state index contributed by atoms with van der Waals surface area (Å²) >= 11 is 5.98. The van der Waals surface area contributed by atoms with E-state index >= 15 is 0 Å². The third-order valence-corrected chi connectivity index (χ3v) is 2.93. The van der Waals surface area contributed by atoms with E-state index in [1.54, 1.807) is 0 Å². The number of nitrogens with one attached hydrogen (secondary N) is 1. The normalized spacial score (nSPS) is 12.1. The standard InChI is InChI=1S/C14H23ClN2/c1-14(2,10-16-3)11-17(4)9-12-6-5-7-13(15)8-12/h5-8,16H,9-11H2,1-4H3. The van der Waals surface area contributed by atoms with Gasteiger partial charge in [-0.05, 0) is 37.2 Å². The van der Waals surface area contributed by atoms with Gasteiger partial charge in [-0.2, -0.15) is 0 Å². The average Bonchev–Trinajstić information content (AvgIpc) is 2.15. The topological polar surface area (TPSA) is 15.3 Å². The van der Waals surface area contributed by atoms with E-state index in [4.69, 9.17) is 11.6 Å². The van der Waals surface area contributed by atoms with E-state index in [-0.39, 0.29) is 5.41 Å². The van der Waals surface area contributed by atoms with Gasteiger partial charge >= 0.3 is 0 Å². The maximum absolute atomic E-state index is 5.98. The van der Waals surface area contributed by atoms with Crippen LogP contribution in [-0.2, 0) is 6.54 Å². The molecule has 0 saturated carbocycles. The molecule has 1 aromatic carbocycles. The van der Waals surface area contributed by atoms with Crippen LogP contribution in [0.1, 0.15) is 19.4 Å². The molecule has 1 N–H and O–H groups in total. The Morgan fingerprint density at radius 2 is 2.06 bits per heavy atom. The van der Waals surface area contributed by atoms with Crippen molar-refractivity contribution in [2.75, 3.05) is 27.2 Å². The Bertz CT molecular complexity index is 350. The van der Waals surface area contributed by atoms with Gasteiger partial charge < -0.3 is 10.2 Å². The summed E-state index contributed by atoms with van der Waals surface area (Å²) in [6, 6.07) is 8.07. The molecule has 17 heavy (non-hydrogen) atoms. The molecule has 0 aliphatic heterocycles. The molecule has 0 fully saturated rings. The number of hydrogen-bond acceptors (Lipinski definition) is 2. The van der Waals surface area contributed by atoms with Crippen molar-refractivity contribution in [3.05, 3.63) is 34.9 Å². The summed E-state index contributed by atoms with van der Waals surface area (Å²) in [6.45, 7) is 7.57. The summed E-state index contributed by atoms with van der Waals surface area (Å²) in [5.41, 5.74) is 1.54. The Kier molecular flexibility index (Phi) is 5.44. The first-order valence-corrected chi connectivity index (χ1v) is 6.38. The molecule has 1 aromatic rings. The average molecular weight is 255 g/mol. The van der Waals surface area contributed by atoms with Crippen molar-refractivity contribution >= 4 is 11.6 Å². The molecule has 0 heterocycles. The van der Waals surface area contributed by atoms with Crippen molar-refractivity contribution < 1.29 is 0 Å². The highest BCUT2D eigenvalue weighted by Gasteiger charge is 2.19. The lowest BCUT2D eigenvalue weighted by Gasteiger charge is -2.30. The van der Waals surface area contributed by atoms with E-state index in [0.29, 0.717) is 0 Å². The van der Waals surface area contributed by atoms with Crippen LogP contribution < -0.4 is 5.32 Å². The molecule has 0 aliphatic rings. The highest BCUT2D eigenvalue weighted by molar-refractivity contribution is 6.30. The number of rotatable bonds is 6. The van der Waals surface area contributed by atoms with Gasteiger partial charge in [-0.25, -0.2) is 0 Å². The number of nitrogens with zero attached hydrogens (tertiary/aromatic N) is 1. The molecular weight excluding hydrogens is 232 g/mol. The van der Waals surface area contributed by atoms with E-state index in [9.17, 15) is 0 Å². The Balaban J connectivity index is 2.52. The largest absolute Gasteiger partial charge is 0.319 e. The number of halogens is 1. The zero-order valence-corrected chi connectivity index (χ0v) is 12.0. The summed E-state index contributed by atoms with van der Waals surface area (Å²) in [4.78, 5) is 2.34. The van der Waals surface area contributed by atoms with E-state index < -0.39 is 0 Å². The summed E-state index contributed by atoms with van der Waals surface area (Å²) in [6.07, 6.45) is 0. The Morgan fingerprint density at radius 3 is 2.65 bits per heavy atom. The third kappa shape index (κ3) is 5.53. The minimum Gasteiger partial charge on any atom is -0.319 e. The van der Waals surface area contributed by atoms with E-state index in [2.05, 4.69) is 37.2 Å². The fourth-order valence-electron chi connectivity index (χ4n) is 2.27. The first-order valence-electron chi connectivity index (χ1n) is 6.00. The van der Waals surface area contributed by atoms with Crippen LogP contribution in [0.5, 0.6) is 0 Å². The monoisotopic (exact) mass is 254 g/mol. The second kappa shape index (κ2) is 6.39. The zero-order chi connectivity index (χ0) is 12.9. The minimum absolute atomic E-state index is 0.280. The summed E-state index contributed by atoms with van der Waals surface area (Å²) in [7, 11) is 4.15. The molecule has 0 saturated heterocycles. The second-order valence-electron chi connectivity index (χ2n) is 5.50. The predicted molar refractivity (Wildman–Crippen MR) is 75.5 cm³/mol. The highest BCUT2D eigenvalue weighted by atomic mass is 35.5. The molecule has 0 atom stereocenters. The second-order valence-corrected chi connectivity index (χ2v) is 5.93. The van der Waals surface area contributed by atoms with Gasteiger partial charge in [0.25, 0.3) is 0 Å². The van der Waals surface area contributed by atoms with E-state index in [0.717, 1.165) is 24.7 Å². The van der Waals surface area contributed by atoms with Crippen LogP contribution in [0.4, 0.5) is 0 Å². The highest BCUT2D eigenvalue weighted by Crippen LogP contribution is 2.17. The van der Waals surface area contributed by atoms with Crippen LogP contribution in [0.3, 0.4) is 0 Å². The SMILES string of the molecule is CNCC(C)(C)CN(C)Cc1cccc(Cl)c1. The van der Waals surface area contributed by atoms with Gasteiger partial charge in [0.2, 0.25) is 0 Å². The molecular formula is C14H23ClN2. The third-order valence-electron chi connectivity index (χ3n) is 2.69. The van der Waals surface area contributed by atoms with Crippen LogP contribution >= 0.6 is 11.6 Å². The first kappa shape index (κ1) is 14.5. The lowest BCUT2D eigenvalue weighted by Crippen LogP contribution is -2.37. The minimum atomic E-state index is 0.280. The number of benzene rings is 1. The van der Waals surface area contributed by atoms with Crippen molar-refractivity contribution in [1.29, 1.82) is 0 Å². The smallest absolute Gasteiger partial charge is 0.0409 e. The predicted octanol–water partition coefficient (Wildman–Crippen LogP) is 3.02. The van der Waals surface area contributed by atoms with Crippen LogP contribution in [0.15, 0.2) is 24.3 Å². The van der Waals surface area contributed by atoms with Crippen LogP contribution in [0, 0.1) is 5.41 Å². The molecule has 0 aliphatic carbocycles. The zero-order valence-electron chi connectivity index (χ0n) is 11.3. The molecule has 0 bridgehead atoms. The van der Waals surface area contributed by atoms with E-state index in [1.807, 2.05) is 25.2 Å². The van der Waals surface area contributed by atoms with Crippen LogP contribution in [-0.4, -0.2) is 32.1 Å². The van der Waals surface area contributed by atoms with Gasteiger partial charge in [0, 0.05) is 24.7 Å².